The van der Waals surface area contributed by atoms with Crippen LogP contribution in [0.25, 0.3) is 10.4 Å². The highest BCUT2D eigenvalue weighted by Crippen LogP contribution is 2.39. The van der Waals surface area contributed by atoms with Gasteiger partial charge in [0.1, 0.15) is 11.5 Å². The summed E-state index contributed by atoms with van der Waals surface area (Å²) in [6.07, 6.45) is -3.68. The molecule has 3 rings (SSSR count). The highest BCUT2D eigenvalue weighted by molar-refractivity contribution is 7.80. The maximum absolute atomic E-state index is 12.3. The van der Waals surface area contributed by atoms with E-state index in [1.165, 1.54) is 35.6 Å². The quantitative estimate of drug-likeness (QED) is 0.444. The van der Waals surface area contributed by atoms with E-state index in [0.717, 1.165) is 0 Å². The standard InChI is InChI=1S/C21H21F3N2O4S2/c1-12(25-10-17(31)26-8-6-14(7-9-26)20(28)29)16-11-32-19(18(16)27)13-2-4-15(5-3-13)30-21(22,23)24/h2-5,11,14,27H,6-10H2,1H3,(H,28,29). The van der Waals surface area contributed by atoms with Crippen molar-refractivity contribution in [1.82, 2.24) is 4.90 Å². The number of carboxylic acids is 1. The molecule has 1 aromatic heterocycles. The lowest BCUT2D eigenvalue weighted by molar-refractivity contribution is -0.274. The van der Waals surface area contributed by atoms with Crippen LogP contribution < -0.4 is 4.74 Å². The van der Waals surface area contributed by atoms with E-state index in [2.05, 4.69) is 9.73 Å². The Morgan fingerprint density at radius 3 is 2.47 bits per heavy atom. The number of ether oxygens (including phenoxy) is 1. The molecule has 2 N–H and O–H groups in total. The number of benzene rings is 1. The van der Waals surface area contributed by atoms with Crippen LogP contribution in [0.15, 0.2) is 34.6 Å². The third-order valence-corrected chi connectivity index (χ3v) is 6.56. The summed E-state index contributed by atoms with van der Waals surface area (Å²) in [4.78, 5) is 18.6. The number of carbonyl (C=O) groups is 1. The summed E-state index contributed by atoms with van der Waals surface area (Å²) in [5, 5.41) is 21.4. The summed E-state index contributed by atoms with van der Waals surface area (Å²) in [5.74, 6) is -1.46. The van der Waals surface area contributed by atoms with Gasteiger partial charge in [0.25, 0.3) is 0 Å². The number of hydrogen-bond acceptors (Lipinski definition) is 6. The fraction of sp³-hybridized carbons (Fsp3) is 0.381. The molecule has 0 radical (unpaired) electrons. The molecular weight excluding hydrogens is 465 g/mol. The van der Waals surface area contributed by atoms with Crippen LogP contribution in [0.5, 0.6) is 11.5 Å². The summed E-state index contributed by atoms with van der Waals surface area (Å²) < 4.78 is 40.8. The zero-order valence-corrected chi connectivity index (χ0v) is 18.7. The molecule has 0 spiro atoms. The smallest absolute Gasteiger partial charge is 0.506 e. The summed E-state index contributed by atoms with van der Waals surface area (Å²) in [6, 6.07) is 5.26. The molecule has 0 bridgehead atoms. The summed E-state index contributed by atoms with van der Waals surface area (Å²) in [5.41, 5.74) is 1.65. The molecule has 0 amide bonds. The van der Waals surface area contributed by atoms with Gasteiger partial charge in [-0.25, -0.2) is 0 Å². The molecule has 0 atom stereocenters. The molecule has 1 aliphatic heterocycles. The highest BCUT2D eigenvalue weighted by Gasteiger charge is 2.31. The molecule has 1 aliphatic rings. The molecule has 1 aromatic carbocycles. The topological polar surface area (TPSA) is 82.4 Å². The van der Waals surface area contributed by atoms with Crippen LogP contribution in [0.2, 0.25) is 0 Å². The average Bonchev–Trinajstić information content (AvgIpc) is 3.12. The number of thiocarbonyl (C=S) groups is 1. The van der Waals surface area contributed by atoms with Gasteiger partial charge in [-0.3, -0.25) is 9.79 Å². The van der Waals surface area contributed by atoms with Crippen LogP contribution >= 0.6 is 23.6 Å². The van der Waals surface area contributed by atoms with Gasteiger partial charge in [-0.2, -0.15) is 0 Å². The number of aliphatic imine (C=N–C) groups is 1. The minimum Gasteiger partial charge on any atom is -0.506 e. The first-order valence-electron chi connectivity index (χ1n) is 9.74. The largest absolute Gasteiger partial charge is 0.573 e. The van der Waals surface area contributed by atoms with E-state index in [-0.39, 0.29) is 24.0 Å². The van der Waals surface area contributed by atoms with Gasteiger partial charge in [-0.05, 0) is 49.6 Å². The van der Waals surface area contributed by atoms with E-state index in [1.807, 2.05) is 4.90 Å². The normalized spacial score (nSPS) is 15.6. The number of halogens is 3. The summed E-state index contributed by atoms with van der Waals surface area (Å²) in [7, 11) is 0. The first kappa shape index (κ1) is 24.0. The zero-order valence-electron chi connectivity index (χ0n) is 17.1. The highest BCUT2D eigenvalue weighted by atomic mass is 32.1. The Kier molecular flexibility index (Phi) is 7.40. The molecule has 2 heterocycles. The number of alkyl halides is 3. The van der Waals surface area contributed by atoms with E-state index < -0.39 is 12.3 Å². The minimum atomic E-state index is -4.76. The minimum absolute atomic E-state index is 0.00562. The van der Waals surface area contributed by atoms with Gasteiger partial charge in [0.15, 0.2) is 0 Å². The van der Waals surface area contributed by atoms with Gasteiger partial charge in [-0.15, -0.1) is 24.5 Å². The Labute approximate surface area is 192 Å². The Morgan fingerprint density at radius 2 is 1.91 bits per heavy atom. The lowest BCUT2D eigenvalue weighted by atomic mass is 9.97. The number of carboxylic acid groups (broad SMARTS) is 1. The van der Waals surface area contributed by atoms with Crippen molar-refractivity contribution in [3.05, 3.63) is 35.2 Å². The van der Waals surface area contributed by atoms with Gasteiger partial charge < -0.3 is 19.8 Å². The van der Waals surface area contributed by atoms with Gasteiger partial charge in [-0.1, -0.05) is 12.2 Å². The summed E-state index contributed by atoms with van der Waals surface area (Å²) >= 11 is 6.68. The molecular formula is C21H21F3N2O4S2. The number of aliphatic carboxylic acids is 1. The van der Waals surface area contributed by atoms with Crippen LogP contribution in [0, 0.1) is 5.92 Å². The lowest BCUT2D eigenvalue weighted by Crippen LogP contribution is -2.40. The predicted molar refractivity (Wildman–Crippen MR) is 120 cm³/mol. The maximum Gasteiger partial charge on any atom is 0.573 e. The molecule has 2 aromatic rings. The van der Waals surface area contributed by atoms with Crippen molar-refractivity contribution < 1.29 is 32.9 Å². The number of hydrogen-bond donors (Lipinski definition) is 2. The molecule has 172 valence electrons. The molecule has 6 nitrogen and oxygen atoms in total. The second-order valence-corrected chi connectivity index (χ2v) is 8.65. The van der Waals surface area contributed by atoms with Gasteiger partial charge in [0.2, 0.25) is 0 Å². The lowest BCUT2D eigenvalue weighted by Gasteiger charge is -2.31. The van der Waals surface area contributed by atoms with Crippen molar-refractivity contribution in [2.45, 2.75) is 26.1 Å². The Hall–Kier alpha value is -2.66. The molecule has 1 fully saturated rings. The number of aromatic hydroxyl groups is 1. The number of piperidine rings is 1. The molecule has 11 heteroatoms. The van der Waals surface area contributed by atoms with Crippen molar-refractivity contribution in [1.29, 1.82) is 0 Å². The van der Waals surface area contributed by atoms with Crippen molar-refractivity contribution >= 4 is 40.2 Å². The van der Waals surface area contributed by atoms with E-state index in [1.54, 1.807) is 12.3 Å². The van der Waals surface area contributed by atoms with E-state index in [4.69, 9.17) is 17.3 Å². The van der Waals surface area contributed by atoms with Gasteiger partial charge in [0, 0.05) is 29.7 Å². The molecule has 0 aliphatic carbocycles. The second kappa shape index (κ2) is 9.86. The third-order valence-electron chi connectivity index (χ3n) is 5.15. The predicted octanol–water partition coefficient (Wildman–Crippen LogP) is 4.95. The molecule has 1 saturated heterocycles. The van der Waals surface area contributed by atoms with Gasteiger partial charge in [0.05, 0.1) is 22.3 Å². The van der Waals surface area contributed by atoms with Crippen LogP contribution in [0.3, 0.4) is 0 Å². The maximum atomic E-state index is 12.3. The summed E-state index contributed by atoms with van der Waals surface area (Å²) in [6.45, 7) is 3.14. The zero-order chi connectivity index (χ0) is 23.5. The fourth-order valence-electron chi connectivity index (χ4n) is 3.37. The van der Waals surface area contributed by atoms with E-state index in [9.17, 15) is 23.1 Å². The van der Waals surface area contributed by atoms with Crippen LogP contribution in [0.4, 0.5) is 13.2 Å². The van der Waals surface area contributed by atoms with Gasteiger partial charge >= 0.3 is 12.3 Å². The molecule has 0 unspecified atom stereocenters. The number of likely N-dealkylation sites (tertiary alicyclic amines) is 1. The first-order valence-corrected chi connectivity index (χ1v) is 11.0. The van der Waals surface area contributed by atoms with Crippen LogP contribution in [0.1, 0.15) is 25.3 Å². The Bertz CT molecular complexity index is 1010. The second-order valence-electron chi connectivity index (χ2n) is 7.29. The fourth-order valence-corrected chi connectivity index (χ4v) is 4.63. The van der Waals surface area contributed by atoms with Crippen LogP contribution in [-0.4, -0.2) is 57.8 Å². The van der Waals surface area contributed by atoms with Crippen molar-refractivity contribution in [3.8, 4) is 21.9 Å². The Morgan fingerprint density at radius 1 is 1.28 bits per heavy atom. The SMILES string of the molecule is CC(=NCC(=S)N1CCC(C(=O)O)CC1)c1csc(-c2ccc(OC(F)(F)F)cc2)c1O. The van der Waals surface area contributed by atoms with E-state index in [0.29, 0.717) is 52.6 Å². The first-order chi connectivity index (χ1) is 15.0. The van der Waals surface area contributed by atoms with Crippen molar-refractivity contribution in [3.63, 3.8) is 0 Å². The molecule has 32 heavy (non-hydrogen) atoms. The van der Waals surface area contributed by atoms with Crippen LogP contribution in [-0.2, 0) is 4.79 Å². The average molecular weight is 487 g/mol. The van der Waals surface area contributed by atoms with Crippen molar-refractivity contribution in [2.24, 2.45) is 10.9 Å². The van der Waals surface area contributed by atoms with E-state index >= 15 is 0 Å². The number of rotatable bonds is 6. The number of thiophene rings is 1. The Balaban J connectivity index is 1.64. The monoisotopic (exact) mass is 486 g/mol. The number of nitrogens with zero attached hydrogens (tertiary/aromatic N) is 2. The third kappa shape index (κ3) is 5.98. The molecule has 0 saturated carbocycles. The van der Waals surface area contributed by atoms with Crippen molar-refractivity contribution in [2.75, 3.05) is 19.6 Å².